The molecule has 16 heavy (non-hydrogen) atoms. The molecule has 1 nitrogen and oxygen atoms in total. The van der Waals surface area contributed by atoms with E-state index in [1.807, 2.05) is 0 Å². The number of nitrogens with two attached hydrogens (primary N) is 1. The van der Waals surface area contributed by atoms with E-state index in [1.54, 1.807) is 32.1 Å². The highest BCUT2D eigenvalue weighted by Gasteiger charge is 2.50. The lowest BCUT2D eigenvalue weighted by atomic mass is 9.49. The summed E-state index contributed by atoms with van der Waals surface area (Å²) >= 11 is 0. The molecule has 0 heterocycles. The van der Waals surface area contributed by atoms with Crippen molar-refractivity contribution < 1.29 is 0 Å². The zero-order chi connectivity index (χ0) is 11.3. The lowest BCUT2D eigenvalue weighted by molar-refractivity contribution is -0.0682. The van der Waals surface area contributed by atoms with E-state index in [9.17, 15) is 0 Å². The Morgan fingerprint density at radius 1 is 0.938 bits per heavy atom. The number of hydrogen-bond donors (Lipinski definition) is 1. The van der Waals surface area contributed by atoms with E-state index < -0.39 is 0 Å². The third-order valence-electron chi connectivity index (χ3n) is 5.92. The van der Waals surface area contributed by atoms with Gasteiger partial charge in [0.1, 0.15) is 0 Å². The largest absolute Gasteiger partial charge is 0.330 e. The molecule has 92 valence electrons. The van der Waals surface area contributed by atoms with E-state index in [0.29, 0.717) is 0 Å². The van der Waals surface area contributed by atoms with Gasteiger partial charge < -0.3 is 5.73 Å². The van der Waals surface area contributed by atoms with Gasteiger partial charge in [-0.25, -0.2) is 0 Å². The summed E-state index contributed by atoms with van der Waals surface area (Å²) in [5.41, 5.74) is 6.05. The van der Waals surface area contributed by atoms with Crippen LogP contribution in [0.5, 0.6) is 0 Å². The lowest BCUT2D eigenvalue weighted by Gasteiger charge is -2.57. The first kappa shape index (κ1) is 11.1. The maximum Gasteiger partial charge on any atom is -0.00436 e. The Labute approximate surface area is 100 Å². The lowest BCUT2D eigenvalue weighted by Crippen LogP contribution is -2.50. The first-order valence-corrected chi connectivity index (χ1v) is 7.39. The highest BCUT2D eigenvalue weighted by Crippen LogP contribution is 2.58. The average molecular weight is 221 g/mol. The van der Waals surface area contributed by atoms with Crippen LogP contribution in [0, 0.1) is 41.4 Å². The molecular formula is C15H27N. The smallest absolute Gasteiger partial charge is 0.00436 e. The van der Waals surface area contributed by atoms with Gasteiger partial charge in [0.25, 0.3) is 0 Å². The minimum atomic E-state index is 0.785. The molecule has 0 amide bonds. The molecule has 0 aromatic carbocycles. The van der Waals surface area contributed by atoms with Crippen molar-refractivity contribution in [2.75, 3.05) is 6.54 Å². The molecule has 2 N–H and O–H groups in total. The van der Waals surface area contributed by atoms with Crippen LogP contribution in [-0.2, 0) is 0 Å². The molecule has 0 aliphatic heterocycles. The van der Waals surface area contributed by atoms with Crippen molar-refractivity contribution in [1.82, 2.24) is 0 Å². The summed E-state index contributed by atoms with van der Waals surface area (Å²) in [6.45, 7) is 5.68. The van der Waals surface area contributed by atoms with Gasteiger partial charge in [-0.15, -0.1) is 0 Å². The molecule has 4 rings (SSSR count). The van der Waals surface area contributed by atoms with Gasteiger partial charge in [0.15, 0.2) is 0 Å². The third-order valence-corrected chi connectivity index (χ3v) is 5.92. The van der Waals surface area contributed by atoms with Crippen LogP contribution in [-0.4, -0.2) is 6.54 Å². The average Bonchev–Trinajstić information content (AvgIpc) is 2.21. The standard InChI is InChI=1S/C15H27N/c1-9(2)14(8-16)15-12-4-10-3-11(6-12)7-13(15)5-10/h9-15H,3-8,16H2,1-2H3. The molecule has 1 unspecified atom stereocenters. The van der Waals surface area contributed by atoms with E-state index in [0.717, 1.165) is 48.0 Å². The summed E-state index contributed by atoms with van der Waals surface area (Å²) in [4.78, 5) is 0. The van der Waals surface area contributed by atoms with Crippen molar-refractivity contribution in [3.63, 3.8) is 0 Å². The minimum absolute atomic E-state index is 0.785. The summed E-state index contributed by atoms with van der Waals surface area (Å²) in [7, 11) is 0. The maximum absolute atomic E-state index is 6.05. The predicted octanol–water partition coefficient (Wildman–Crippen LogP) is 3.29. The van der Waals surface area contributed by atoms with Crippen molar-refractivity contribution in [2.45, 2.75) is 46.0 Å². The SMILES string of the molecule is CC(C)C(CN)C1C2CC3CC(C2)CC1C3. The molecule has 4 fully saturated rings. The van der Waals surface area contributed by atoms with Crippen molar-refractivity contribution in [3.05, 3.63) is 0 Å². The van der Waals surface area contributed by atoms with Gasteiger partial charge >= 0.3 is 0 Å². The molecule has 1 atom stereocenters. The Bertz CT molecular complexity index is 230. The summed E-state index contributed by atoms with van der Waals surface area (Å²) in [6.07, 6.45) is 7.73. The molecular weight excluding hydrogens is 194 g/mol. The van der Waals surface area contributed by atoms with E-state index in [2.05, 4.69) is 13.8 Å². The Balaban J connectivity index is 1.80. The van der Waals surface area contributed by atoms with Crippen molar-refractivity contribution in [1.29, 1.82) is 0 Å². The topological polar surface area (TPSA) is 26.0 Å². The van der Waals surface area contributed by atoms with Crippen molar-refractivity contribution in [3.8, 4) is 0 Å². The minimum Gasteiger partial charge on any atom is -0.330 e. The monoisotopic (exact) mass is 221 g/mol. The van der Waals surface area contributed by atoms with E-state index in [1.165, 1.54) is 0 Å². The van der Waals surface area contributed by atoms with Crippen LogP contribution >= 0.6 is 0 Å². The van der Waals surface area contributed by atoms with Gasteiger partial charge in [-0.1, -0.05) is 13.8 Å². The second-order valence-corrected chi connectivity index (χ2v) is 7.15. The highest BCUT2D eigenvalue weighted by atomic mass is 14.6. The van der Waals surface area contributed by atoms with Gasteiger partial charge in [0.2, 0.25) is 0 Å². The second kappa shape index (κ2) is 4.01. The molecule has 0 aromatic heterocycles. The van der Waals surface area contributed by atoms with Crippen LogP contribution < -0.4 is 5.73 Å². The van der Waals surface area contributed by atoms with E-state index in [-0.39, 0.29) is 0 Å². The molecule has 0 saturated heterocycles. The van der Waals surface area contributed by atoms with Crippen LogP contribution in [0.4, 0.5) is 0 Å². The Morgan fingerprint density at radius 2 is 1.44 bits per heavy atom. The fourth-order valence-corrected chi connectivity index (χ4v) is 5.54. The zero-order valence-corrected chi connectivity index (χ0v) is 10.9. The van der Waals surface area contributed by atoms with Crippen molar-refractivity contribution >= 4 is 0 Å². The Morgan fingerprint density at radius 3 is 1.81 bits per heavy atom. The van der Waals surface area contributed by atoms with Gasteiger partial charge in [-0.3, -0.25) is 0 Å². The van der Waals surface area contributed by atoms with Crippen LogP contribution in [0.1, 0.15) is 46.0 Å². The zero-order valence-electron chi connectivity index (χ0n) is 10.9. The van der Waals surface area contributed by atoms with Gasteiger partial charge in [-0.05, 0) is 80.1 Å². The van der Waals surface area contributed by atoms with E-state index >= 15 is 0 Å². The molecule has 4 aliphatic carbocycles. The Kier molecular flexibility index (Phi) is 2.78. The number of rotatable bonds is 3. The summed E-state index contributed by atoms with van der Waals surface area (Å²) in [5, 5.41) is 0. The molecule has 0 aromatic rings. The van der Waals surface area contributed by atoms with Crippen LogP contribution in [0.15, 0.2) is 0 Å². The molecule has 1 heteroatoms. The first-order valence-electron chi connectivity index (χ1n) is 7.39. The van der Waals surface area contributed by atoms with Crippen LogP contribution in [0.25, 0.3) is 0 Å². The Hall–Kier alpha value is -0.0400. The maximum atomic E-state index is 6.05. The van der Waals surface area contributed by atoms with Gasteiger partial charge in [0.05, 0.1) is 0 Å². The molecule has 0 spiro atoms. The number of hydrogen-bond acceptors (Lipinski definition) is 1. The fraction of sp³-hybridized carbons (Fsp3) is 1.00. The fourth-order valence-electron chi connectivity index (χ4n) is 5.54. The van der Waals surface area contributed by atoms with Crippen molar-refractivity contribution in [2.24, 2.45) is 47.2 Å². The van der Waals surface area contributed by atoms with Gasteiger partial charge in [-0.2, -0.15) is 0 Å². The quantitative estimate of drug-likeness (QED) is 0.777. The summed E-state index contributed by atoms with van der Waals surface area (Å²) in [5.74, 6) is 6.87. The molecule has 4 bridgehead atoms. The van der Waals surface area contributed by atoms with Crippen LogP contribution in [0.3, 0.4) is 0 Å². The first-order chi connectivity index (χ1) is 7.69. The normalized spacial score (nSPS) is 47.6. The molecule has 4 saturated carbocycles. The third kappa shape index (κ3) is 1.63. The summed E-state index contributed by atoms with van der Waals surface area (Å²) < 4.78 is 0. The predicted molar refractivity (Wildman–Crippen MR) is 67.9 cm³/mol. The molecule has 0 radical (unpaired) electrons. The van der Waals surface area contributed by atoms with E-state index in [4.69, 9.17) is 5.73 Å². The van der Waals surface area contributed by atoms with Crippen LogP contribution in [0.2, 0.25) is 0 Å². The highest BCUT2D eigenvalue weighted by molar-refractivity contribution is 5.00. The van der Waals surface area contributed by atoms with Gasteiger partial charge in [0, 0.05) is 0 Å². The summed E-state index contributed by atoms with van der Waals surface area (Å²) in [6, 6.07) is 0. The second-order valence-electron chi connectivity index (χ2n) is 7.15. The molecule has 4 aliphatic rings.